The van der Waals surface area contributed by atoms with Gasteiger partial charge in [-0.3, -0.25) is 9.59 Å². The van der Waals surface area contributed by atoms with E-state index < -0.39 is 11.7 Å². The largest absolute Gasteiger partial charge is 0.349 e. The first kappa shape index (κ1) is 24.3. The highest BCUT2D eigenvalue weighted by Crippen LogP contribution is 2.33. The quantitative estimate of drug-likeness (QED) is 0.206. The Hall–Kier alpha value is -2.34. The van der Waals surface area contributed by atoms with Crippen molar-refractivity contribution in [1.29, 1.82) is 0 Å². The van der Waals surface area contributed by atoms with E-state index in [4.69, 9.17) is 34.8 Å². The standard InChI is InChI=1S/C24H24Cl3N3O2/c1-3-4-5-6-13-28-24(32)23(31)21-15(2)22(16-7-9-17(25)10-8-16)30(29-21)20-12-11-18(26)14-19(20)27/h7-12,14H,3-6,13H2,1-2H3,(H,28,32). The molecule has 8 heteroatoms. The summed E-state index contributed by atoms with van der Waals surface area (Å²) in [6.45, 7) is 4.34. The third kappa shape index (κ3) is 5.52. The molecule has 0 unspecified atom stereocenters. The van der Waals surface area contributed by atoms with Gasteiger partial charge in [0.15, 0.2) is 0 Å². The predicted molar refractivity (Wildman–Crippen MR) is 130 cm³/mol. The number of unbranched alkanes of at least 4 members (excludes halogenated alkanes) is 3. The van der Waals surface area contributed by atoms with Crippen LogP contribution < -0.4 is 5.32 Å². The first-order chi connectivity index (χ1) is 15.3. The molecule has 0 radical (unpaired) electrons. The number of aromatic nitrogens is 2. The second-order valence-corrected chi connectivity index (χ2v) is 8.76. The van der Waals surface area contributed by atoms with Gasteiger partial charge in [-0.2, -0.15) is 5.10 Å². The van der Waals surface area contributed by atoms with E-state index in [0.717, 1.165) is 31.2 Å². The first-order valence-electron chi connectivity index (χ1n) is 10.5. The third-order valence-corrected chi connectivity index (χ3v) is 5.90. The van der Waals surface area contributed by atoms with Gasteiger partial charge in [0.25, 0.3) is 11.7 Å². The Morgan fingerprint density at radius 3 is 2.31 bits per heavy atom. The normalized spacial score (nSPS) is 10.9. The lowest BCUT2D eigenvalue weighted by molar-refractivity contribution is -0.117. The zero-order chi connectivity index (χ0) is 23.3. The van der Waals surface area contributed by atoms with Crippen molar-refractivity contribution in [3.63, 3.8) is 0 Å². The fourth-order valence-corrected chi connectivity index (χ4v) is 4.04. The Morgan fingerprint density at radius 1 is 0.969 bits per heavy atom. The summed E-state index contributed by atoms with van der Waals surface area (Å²) in [7, 11) is 0. The van der Waals surface area contributed by atoms with Crippen LogP contribution >= 0.6 is 34.8 Å². The number of hydrogen-bond acceptors (Lipinski definition) is 3. The Morgan fingerprint density at radius 2 is 1.66 bits per heavy atom. The van der Waals surface area contributed by atoms with Crippen LogP contribution in [0.1, 0.15) is 48.7 Å². The number of nitrogens with zero attached hydrogens (tertiary/aromatic N) is 2. The lowest BCUT2D eigenvalue weighted by Gasteiger charge is -2.11. The summed E-state index contributed by atoms with van der Waals surface area (Å²) >= 11 is 18.5. The zero-order valence-corrected chi connectivity index (χ0v) is 20.2. The average Bonchev–Trinajstić information content (AvgIpc) is 3.10. The van der Waals surface area contributed by atoms with Gasteiger partial charge in [-0.25, -0.2) is 4.68 Å². The van der Waals surface area contributed by atoms with Crippen LogP contribution in [-0.4, -0.2) is 28.0 Å². The van der Waals surface area contributed by atoms with Crippen LogP contribution in [0.4, 0.5) is 0 Å². The fraction of sp³-hybridized carbons (Fsp3) is 0.292. The van der Waals surface area contributed by atoms with Gasteiger partial charge in [0.1, 0.15) is 5.69 Å². The number of amides is 1. The molecule has 32 heavy (non-hydrogen) atoms. The molecule has 3 rings (SSSR count). The molecule has 1 heterocycles. The molecule has 168 valence electrons. The summed E-state index contributed by atoms with van der Waals surface area (Å²) in [5.41, 5.74) is 2.62. The Kier molecular flexibility index (Phi) is 8.35. The van der Waals surface area contributed by atoms with Gasteiger partial charge in [-0.05, 0) is 43.7 Å². The molecule has 0 aliphatic carbocycles. The Balaban J connectivity index is 2.00. The van der Waals surface area contributed by atoms with Crippen molar-refractivity contribution in [2.45, 2.75) is 39.5 Å². The lowest BCUT2D eigenvalue weighted by Crippen LogP contribution is -2.32. The molecule has 2 aromatic carbocycles. The van der Waals surface area contributed by atoms with E-state index in [0.29, 0.717) is 38.6 Å². The fourth-order valence-electron chi connectivity index (χ4n) is 3.43. The van der Waals surface area contributed by atoms with Gasteiger partial charge in [0, 0.05) is 27.7 Å². The minimum atomic E-state index is -0.683. The number of Topliss-reactive ketones (excluding diaryl/α,β-unsaturated/α-hetero) is 1. The van der Waals surface area contributed by atoms with Crippen molar-refractivity contribution in [1.82, 2.24) is 15.1 Å². The number of carbonyl (C=O) groups is 2. The maximum Gasteiger partial charge on any atom is 0.294 e. The van der Waals surface area contributed by atoms with E-state index >= 15 is 0 Å². The van der Waals surface area contributed by atoms with Crippen LogP contribution in [0.2, 0.25) is 15.1 Å². The molecule has 0 atom stereocenters. The van der Waals surface area contributed by atoms with Gasteiger partial charge in [-0.15, -0.1) is 0 Å². The second-order valence-electron chi connectivity index (χ2n) is 7.48. The number of halogens is 3. The minimum Gasteiger partial charge on any atom is -0.349 e. The maximum atomic E-state index is 12.9. The molecule has 0 fully saturated rings. The molecule has 0 bridgehead atoms. The van der Waals surface area contributed by atoms with Crippen molar-refractivity contribution in [3.05, 3.63) is 68.8 Å². The summed E-state index contributed by atoms with van der Waals surface area (Å²) in [4.78, 5) is 25.5. The molecule has 0 saturated heterocycles. The van der Waals surface area contributed by atoms with Crippen molar-refractivity contribution in [2.75, 3.05) is 6.54 Å². The molecular weight excluding hydrogens is 469 g/mol. The molecule has 1 amide bonds. The minimum absolute atomic E-state index is 0.0759. The molecule has 5 nitrogen and oxygen atoms in total. The number of nitrogens with one attached hydrogen (secondary N) is 1. The third-order valence-electron chi connectivity index (χ3n) is 5.11. The molecule has 1 aromatic heterocycles. The number of carbonyl (C=O) groups excluding carboxylic acids is 2. The molecule has 0 aliphatic rings. The SMILES string of the molecule is CCCCCCNC(=O)C(=O)c1nn(-c2ccc(Cl)cc2Cl)c(-c2ccc(Cl)cc2)c1C. The van der Waals surface area contributed by atoms with Gasteiger partial charge in [0.05, 0.1) is 16.4 Å². The van der Waals surface area contributed by atoms with Gasteiger partial charge in [-0.1, -0.05) is 73.1 Å². The van der Waals surface area contributed by atoms with Crippen LogP contribution in [0.25, 0.3) is 16.9 Å². The van der Waals surface area contributed by atoms with E-state index in [-0.39, 0.29) is 5.69 Å². The van der Waals surface area contributed by atoms with Crippen molar-refractivity contribution >= 4 is 46.5 Å². The Labute approximate surface area is 202 Å². The summed E-state index contributed by atoms with van der Waals surface area (Å²) < 4.78 is 1.57. The molecule has 0 saturated carbocycles. The highest BCUT2D eigenvalue weighted by molar-refractivity contribution is 6.42. The topological polar surface area (TPSA) is 64.0 Å². The molecular formula is C24H24Cl3N3O2. The van der Waals surface area contributed by atoms with Crippen LogP contribution in [-0.2, 0) is 4.79 Å². The zero-order valence-electron chi connectivity index (χ0n) is 17.9. The van der Waals surface area contributed by atoms with Crippen LogP contribution in [0.5, 0.6) is 0 Å². The van der Waals surface area contributed by atoms with Gasteiger partial charge < -0.3 is 5.32 Å². The number of benzene rings is 2. The molecule has 0 spiro atoms. The maximum absolute atomic E-state index is 12.9. The first-order valence-corrected chi connectivity index (χ1v) is 11.6. The van der Waals surface area contributed by atoms with E-state index in [1.54, 1.807) is 41.9 Å². The van der Waals surface area contributed by atoms with E-state index in [2.05, 4.69) is 17.3 Å². The second kappa shape index (κ2) is 11.0. The highest BCUT2D eigenvalue weighted by Gasteiger charge is 2.27. The predicted octanol–water partition coefficient (Wildman–Crippen LogP) is 6.69. The number of hydrogen-bond donors (Lipinski definition) is 1. The molecule has 0 aliphatic heterocycles. The van der Waals surface area contributed by atoms with Crippen LogP contribution in [0.3, 0.4) is 0 Å². The van der Waals surface area contributed by atoms with E-state index in [1.807, 2.05) is 12.1 Å². The van der Waals surface area contributed by atoms with E-state index in [1.165, 1.54) is 0 Å². The van der Waals surface area contributed by atoms with E-state index in [9.17, 15) is 9.59 Å². The van der Waals surface area contributed by atoms with Crippen molar-refractivity contribution in [3.8, 4) is 16.9 Å². The van der Waals surface area contributed by atoms with Gasteiger partial charge in [0.2, 0.25) is 0 Å². The van der Waals surface area contributed by atoms with Gasteiger partial charge >= 0.3 is 0 Å². The number of ketones is 1. The number of rotatable bonds is 9. The summed E-state index contributed by atoms with van der Waals surface area (Å²) in [6.07, 6.45) is 4.04. The van der Waals surface area contributed by atoms with Crippen molar-refractivity contribution < 1.29 is 9.59 Å². The monoisotopic (exact) mass is 491 g/mol. The van der Waals surface area contributed by atoms with Crippen molar-refractivity contribution in [2.24, 2.45) is 0 Å². The Bertz CT molecular complexity index is 1120. The summed E-state index contributed by atoms with van der Waals surface area (Å²) in [5.74, 6) is -1.35. The highest BCUT2D eigenvalue weighted by atomic mass is 35.5. The summed E-state index contributed by atoms with van der Waals surface area (Å²) in [6, 6.07) is 12.2. The lowest BCUT2D eigenvalue weighted by atomic mass is 10.0. The smallest absolute Gasteiger partial charge is 0.294 e. The average molecular weight is 493 g/mol. The van der Waals surface area contributed by atoms with Crippen LogP contribution in [0, 0.1) is 6.92 Å². The molecule has 1 N–H and O–H groups in total. The summed E-state index contributed by atoms with van der Waals surface area (Å²) in [5, 5.41) is 8.63. The van der Waals surface area contributed by atoms with Crippen LogP contribution in [0.15, 0.2) is 42.5 Å². The molecule has 3 aromatic rings.